The molecular weight excluding hydrogens is 186 g/mol. The van der Waals surface area contributed by atoms with E-state index in [9.17, 15) is 9.90 Å². The number of aromatic hydroxyl groups is 1. The number of hydrogen-bond donors (Lipinski definition) is 2. The van der Waals surface area contributed by atoms with Crippen LogP contribution in [0.15, 0.2) is 18.5 Å². The molecule has 0 aliphatic heterocycles. The van der Waals surface area contributed by atoms with E-state index >= 15 is 0 Å². The van der Waals surface area contributed by atoms with Gasteiger partial charge in [0.1, 0.15) is 5.52 Å². The van der Waals surface area contributed by atoms with Crippen LogP contribution in [0.1, 0.15) is 10.5 Å². The molecular formula is C8H5N3O3. The molecule has 2 rings (SSSR count). The van der Waals surface area contributed by atoms with Crippen molar-refractivity contribution < 1.29 is 15.0 Å². The highest BCUT2D eigenvalue weighted by Gasteiger charge is 2.14. The molecule has 14 heavy (non-hydrogen) atoms. The van der Waals surface area contributed by atoms with Crippen molar-refractivity contribution >= 4 is 16.9 Å². The van der Waals surface area contributed by atoms with Crippen LogP contribution in [0.4, 0.5) is 0 Å². The Balaban J connectivity index is 2.81. The zero-order valence-corrected chi connectivity index (χ0v) is 6.88. The first-order valence-corrected chi connectivity index (χ1v) is 3.73. The Bertz CT molecular complexity index is 512. The lowest BCUT2D eigenvalue weighted by molar-refractivity contribution is 0.0687. The lowest BCUT2D eigenvalue weighted by atomic mass is 10.2. The predicted octanol–water partition coefficient (Wildman–Crippen LogP) is 0.429. The van der Waals surface area contributed by atoms with Gasteiger partial charge in [-0.3, -0.25) is 0 Å². The number of carbonyl (C=O) groups is 1. The van der Waals surface area contributed by atoms with Gasteiger partial charge in [0.2, 0.25) is 0 Å². The van der Waals surface area contributed by atoms with E-state index in [1.807, 2.05) is 0 Å². The van der Waals surface area contributed by atoms with E-state index in [-0.39, 0.29) is 5.52 Å². The van der Waals surface area contributed by atoms with Crippen LogP contribution in [0.25, 0.3) is 10.9 Å². The number of hydrogen-bond acceptors (Lipinski definition) is 5. The maximum Gasteiger partial charge on any atom is 0.358 e. The van der Waals surface area contributed by atoms with Gasteiger partial charge in [0.05, 0.1) is 6.20 Å². The third-order valence-electron chi connectivity index (χ3n) is 1.74. The summed E-state index contributed by atoms with van der Waals surface area (Å²) in [5, 5.41) is 25.8. The molecule has 0 spiro atoms. The zero-order valence-electron chi connectivity index (χ0n) is 6.88. The van der Waals surface area contributed by atoms with Gasteiger partial charge in [0.25, 0.3) is 0 Å². The Morgan fingerprint density at radius 1 is 1.43 bits per heavy atom. The summed E-state index contributed by atoms with van der Waals surface area (Å²) < 4.78 is 0. The van der Waals surface area contributed by atoms with Crippen LogP contribution in [0.5, 0.6) is 5.75 Å². The monoisotopic (exact) mass is 191 g/mol. The molecule has 0 saturated carbocycles. The van der Waals surface area contributed by atoms with Crippen molar-refractivity contribution in [3.8, 4) is 5.75 Å². The zero-order chi connectivity index (χ0) is 10.1. The van der Waals surface area contributed by atoms with E-state index in [0.717, 1.165) is 0 Å². The average molecular weight is 191 g/mol. The van der Waals surface area contributed by atoms with Gasteiger partial charge < -0.3 is 10.2 Å². The first-order chi connectivity index (χ1) is 6.70. The molecule has 70 valence electrons. The smallest absolute Gasteiger partial charge is 0.358 e. The van der Waals surface area contributed by atoms with Gasteiger partial charge in [-0.15, -0.1) is 5.10 Å². The molecule has 2 heterocycles. The molecule has 0 fully saturated rings. The Kier molecular flexibility index (Phi) is 1.74. The summed E-state index contributed by atoms with van der Waals surface area (Å²) in [6, 6.07) is 1.58. The topological polar surface area (TPSA) is 96.2 Å². The van der Waals surface area contributed by atoms with Gasteiger partial charge in [0, 0.05) is 11.6 Å². The fourth-order valence-corrected chi connectivity index (χ4v) is 1.09. The van der Waals surface area contributed by atoms with Crippen molar-refractivity contribution in [2.24, 2.45) is 0 Å². The number of rotatable bonds is 1. The van der Waals surface area contributed by atoms with Crippen LogP contribution in [0, 0.1) is 0 Å². The number of aromatic carboxylic acids is 1. The second-order valence-corrected chi connectivity index (χ2v) is 2.60. The molecule has 0 bridgehead atoms. The highest BCUT2D eigenvalue weighted by atomic mass is 16.4. The van der Waals surface area contributed by atoms with E-state index in [1.165, 1.54) is 12.4 Å². The summed E-state index contributed by atoms with van der Waals surface area (Å²) in [4.78, 5) is 14.2. The van der Waals surface area contributed by atoms with Crippen LogP contribution < -0.4 is 0 Å². The molecule has 0 aromatic carbocycles. The predicted molar refractivity (Wildman–Crippen MR) is 46.0 cm³/mol. The summed E-state index contributed by atoms with van der Waals surface area (Å²) >= 11 is 0. The molecule has 6 heteroatoms. The van der Waals surface area contributed by atoms with Crippen molar-refractivity contribution in [2.45, 2.75) is 0 Å². The standard InChI is InChI=1S/C8H5N3O3/c12-7-5-4(1-2-10-11-5)3-9-6(7)8(13)14/h1-3,12H,(H,13,14). The van der Waals surface area contributed by atoms with E-state index in [1.54, 1.807) is 6.07 Å². The molecule has 0 aliphatic carbocycles. The summed E-state index contributed by atoms with van der Waals surface area (Å²) in [6.07, 6.45) is 2.76. The minimum absolute atomic E-state index is 0.139. The minimum atomic E-state index is -1.30. The van der Waals surface area contributed by atoms with Crippen molar-refractivity contribution in [2.75, 3.05) is 0 Å². The lowest BCUT2D eigenvalue weighted by Gasteiger charge is -2.00. The highest BCUT2D eigenvalue weighted by Crippen LogP contribution is 2.23. The number of pyridine rings is 1. The fraction of sp³-hybridized carbons (Fsp3) is 0. The van der Waals surface area contributed by atoms with E-state index in [2.05, 4.69) is 15.2 Å². The highest BCUT2D eigenvalue weighted by molar-refractivity contribution is 5.95. The summed E-state index contributed by atoms with van der Waals surface area (Å²) in [5.74, 6) is -1.75. The first kappa shape index (κ1) is 8.36. The van der Waals surface area contributed by atoms with Crippen molar-refractivity contribution in [1.82, 2.24) is 15.2 Å². The van der Waals surface area contributed by atoms with Crippen LogP contribution in [-0.4, -0.2) is 31.4 Å². The average Bonchev–Trinajstić information content (AvgIpc) is 2.18. The van der Waals surface area contributed by atoms with Crippen LogP contribution in [-0.2, 0) is 0 Å². The molecule has 0 amide bonds. The molecule has 0 atom stereocenters. The van der Waals surface area contributed by atoms with Crippen LogP contribution >= 0.6 is 0 Å². The quantitative estimate of drug-likeness (QED) is 0.678. The van der Waals surface area contributed by atoms with Gasteiger partial charge in [-0.2, -0.15) is 5.10 Å². The molecule has 0 radical (unpaired) electrons. The van der Waals surface area contributed by atoms with E-state index in [0.29, 0.717) is 5.39 Å². The van der Waals surface area contributed by atoms with Gasteiger partial charge in [-0.05, 0) is 6.07 Å². The number of fused-ring (bicyclic) bond motifs is 1. The van der Waals surface area contributed by atoms with Crippen molar-refractivity contribution in [3.05, 3.63) is 24.2 Å². The first-order valence-electron chi connectivity index (χ1n) is 3.73. The largest absolute Gasteiger partial charge is 0.504 e. The molecule has 2 aromatic rings. The van der Waals surface area contributed by atoms with Crippen LogP contribution in [0.3, 0.4) is 0 Å². The molecule has 2 aromatic heterocycles. The summed E-state index contributed by atoms with van der Waals surface area (Å²) in [6.45, 7) is 0. The molecule has 6 nitrogen and oxygen atoms in total. The van der Waals surface area contributed by atoms with Crippen molar-refractivity contribution in [3.63, 3.8) is 0 Å². The maximum absolute atomic E-state index is 10.6. The van der Waals surface area contributed by atoms with Gasteiger partial charge in [0.15, 0.2) is 11.4 Å². The number of carboxylic acid groups (broad SMARTS) is 1. The molecule has 0 saturated heterocycles. The third kappa shape index (κ3) is 1.13. The maximum atomic E-state index is 10.6. The summed E-state index contributed by atoms with van der Waals surface area (Å²) in [7, 11) is 0. The molecule has 0 aliphatic rings. The van der Waals surface area contributed by atoms with Crippen LogP contribution in [0.2, 0.25) is 0 Å². The normalized spacial score (nSPS) is 10.3. The van der Waals surface area contributed by atoms with E-state index in [4.69, 9.17) is 5.11 Å². The second-order valence-electron chi connectivity index (χ2n) is 2.60. The van der Waals surface area contributed by atoms with Gasteiger partial charge >= 0.3 is 5.97 Å². The third-order valence-corrected chi connectivity index (χ3v) is 1.74. The molecule has 2 N–H and O–H groups in total. The second kappa shape index (κ2) is 2.91. The molecule has 0 unspecified atom stereocenters. The minimum Gasteiger partial charge on any atom is -0.504 e. The Morgan fingerprint density at radius 2 is 2.21 bits per heavy atom. The fourth-order valence-electron chi connectivity index (χ4n) is 1.09. The van der Waals surface area contributed by atoms with Gasteiger partial charge in [-0.1, -0.05) is 0 Å². The van der Waals surface area contributed by atoms with Gasteiger partial charge in [-0.25, -0.2) is 9.78 Å². The summed E-state index contributed by atoms with van der Waals surface area (Å²) in [5.41, 5.74) is -0.280. The number of nitrogens with zero attached hydrogens (tertiary/aromatic N) is 3. The van der Waals surface area contributed by atoms with E-state index < -0.39 is 17.4 Å². The SMILES string of the molecule is O=C(O)c1ncc2ccnnc2c1O. The Morgan fingerprint density at radius 3 is 2.93 bits per heavy atom. The number of carboxylic acids is 1. The Hall–Kier alpha value is -2.24. The lowest BCUT2D eigenvalue weighted by Crippen LogP contribution is -2.01. The number of aromatic nitrogens is 3. The Labute approximate surface area is 77.9 Å². The van der Waals surface area contributed by atoms with Crippen molar-refractivity contribution in [1.29, 1.82) is 0 Å².